The fourth-order valence-corrected chi connectivity index (χ4v) is 3.17. The lowest BCUT2D eigenvalue weighted by molar-refractivity contribution is 0.263. The normalized spacial score (nSPS) is 24.5. The summed E-state index contributed by atoms with van der Waals surface area (Å²) in [5, 5.41) is 23.4. The molecule has 1 aliphatic rings. The van der Waals surface area contributed by atoms with E-state index >= 15 is 0 Å². The summed E-state index contributed by atoms with van der Waals surface area (Å²) >= 11 is 1.72. The Morgan fingerprint density at radius 3 is 3.27 bits per heavy atom. The number of aryl methyl sites for hydroxylation is 1. The summed E-state index contributed by atoms with van der Waals surface area (Å²) in [5.74, 6) is 0. The molecule has 80 valence electrons. The number of hydrogen-bond donors (Lipinski definition) is 2. The number of hydrogen-bond acceptors (Lipinski definition) is 4. The Morgan fingerprint density at radius 2 is 2.53 bits per heavy atom. The van der Waals surface area contributed by atoms with Gasteiger partial charge in [0.15, 0.2) is 0 Å². The molecular weight excluding hydrogens is 208 g/mol. The zero-order valence-corrected chi connectivity index (χ0v) is 9.31. The lowest BCUT2D eigenvalue weighted by atomic mass is 9.81. The van der Waals surface area contributed by atoms with Crippen molar-refractivity contribution in [3.8, 4) is 6.07 Å². The Kier molecular flexibility index (Phi) is 3.06. The van der Waals surface area contributed by atoms with E-state index in [2.05, 4.69) is 11.4 Å². The van der Waals surface area contributed by atoms with E-state index in [0.717, 1.165) is 24.8 Å². The molecule has 4 heteroatoms. The molecule has 0 aliphatic heterocycles. The van der Waals surface area contributed by atoms with Crippen LogP contribution < -0.4 is 5.32 Å². The average molecular weight is 222 g/mol. The molecule has 1 unspecified atom stereocenters. The Labute approximate surface area is 93.4 Å². The molecule has 0 radical (unpaired) electrons. The molecule has 0 fully saturated rings. The van der Waals surface area contributed by atoms with Gasteiger partial charge in [-0.3, -0.25) is 5.32 Å². The monoisotopic (exact) mass is 222 g/mol. The molecule has 1 aromatic rings. The topological polar surface area (TPSA) is 56.0 Å². The van der Waals surface area contributed by atoms with Crippen molar-refractivity contribution in [1.82, 2.24) is 5.32 Å². The van der Waals surface area contributed by atoms with Crippen LogP contribution in [0.25, 0.3) is 0 Å². The summed E-state index contributed by atoms with van der Waals surface area (Å²) in [6, 6.07) is 4.41. The van der Waals surface area contributed by atoms with Crippen molar-refractivity contribution in [3.05, 3.63) is 21.9 Å². The van der Waals surface area contributed by atoms with Gasteiger partial charge in [0.25, 0.3) is 0 Å². The highest BCUT2D eigenvalue weighted by Gasteiger charge is 2.36. The molecule has 0 saturated heterocycles. The third-order valence-electron chi connectivity index (χ3n) is 2.89. The molecule has 2 N–H and O–H groups in total. The van der Waals surface area contributed by atoms with Gasteiger partial charge in [-0.15, -0.1) is 11.3 Å². The van der Waals surface area contributed by atoms with Gasteiger partial charge < -0.3 is 5.11 Å². The van der Waals surface area contributed by atoms with E-state index in [1.54, 1.807) is 11.3 Å². The van der Waals surface area contributed by atoms with Gasteiger partial charge in [-0.25, -0.2) is 0 Å². The molecule has 0 aromatic carbocycles. The number of fused-ring (bicyclic) bond motifs is 1. The van der Waals surface area contributed by atoms with Crippen LogP contribution in [0, 0.1) is 11.3 Å². The highest BCUT2D eigenvalue weighted by Crippen LogP contribution is 2.37. The highest BCUT2D eigenvalue weighted by atomic mass is 32.1. The van der Waals surface area contributed by atoms with Crippen molar-refractivity contribution in [3.63, 3.8) is 0 Å². The van der Waals surface area contributed by atoms with E-state index in [1.807, 2.05) is 11.4 Å². The fraction of sp³-hybridized carbons (Fsp3) is 0.545. The quantitative estimate of drug-likeness (QED) is 0.812. The number of nitrogens with one attached hydrogen (secondary N) is 1. The third kappa shape index (κ3) is 1.78. The second-order valence-electron chi connectivity index (χ2n) is 3.78. The Morgan fingerprint density at radius 1 is 1.67 bits per heavy atom. The van der Waals surface area contributed by atoms with Gasteiger partial charge in [-0.1, -0.05) is 0 Å². The minimum absolute atomic E-state index is 0.0723. The Hall–Kier alpha value is -0.890. The van der Waals surface area contributed by atoms with Gasteiger partial charge >= 0.3 is 0 Å². The maximum Gasteiger partial charge on any atom is 0.133 e. The predicted molar refractivity (Wildman–Crippen MR) is 59.6 cm³/mol. The minimum Gasteiger partial charge on any atom is -0.395 e. The van der Waals surface area contributed by atoms with E-state index in [-0.39, 0.29) is 6.61 Å². The van der Waals surface area contributed by atoms with E-state index in [4.69, 9.17) is 5.11 Å². The van der Waals surface area contributed by atoms with Crippen LogP contribution in [0.2, 0.25) is 0 Å². The molecule has 1 aliphatic carbocycles. The van der Waals surface area contributed by atoms with Gasteiger partial charge in [-0.05, 0) is 30.7 Å². The number of aliphatic hydroxyl groups excluding tert-OH is 1. The molecule has 0 saturated carbocycles. The largest absolute Gasteiger partial charge is 0.395 e. The van der Waals surface area contributed by atoms with Crippen LogP contribution >= 0.6 is 11.3 Å². The molecule has 1 heterocycles. The summed E-state index contributed by atoms with van der Waals surface area (Å²) in [7, 11) is 0. The molecule has 1 aromatic heterocycles. The molecule has 0 amide bonds. The number of thiophene rings is 1. The first-order valence-electron chi connectivity index (χ1n) is 5.16. The zero-order valence-electron chi connectivity index (χ0n) is 8.49. The van der Waals surface area contributed by atoms with Crippen molar-refractivity contribution in [2.75, 3.05) is 13.2 Å². The lowest BCUT2D eigenvalue weighted by Gasteiger charge is -2.32. The summed E-state index contributed by atoms with van der Waals surface area (Å²) in [6.07, 6.45) is 2.96. The summed E-state index contributed by atoms with van der Waals surface area (Å²) in [5.41, 5.74) is 0.561. The van der Waals surface area contributed by atoms with Crippen molar-refractivity contribution in [2.45, 2.75) is 24.8 Å². The maximum absolute atomic E-state index is 9.34. The van der Waals surface area contributed by atoms with Crippen molar-refractivity contribution >= 4 is 11.3 Å². The summed E-state index contributed by atoms with van der Waals surface area (Å²) in [4.78, 5) is 1.31. The standard InChI is InChI=1S/C11H14N2OS/c12-8-11(13-5-6-14)4-1-2-10-9(11)3-7-15-10/h3,7,13-14H,1-2,4-6H2. The molecular formula is C11H14N2OS. The fourth-order valence-electron chi connectivity index (χ4n) is 2.17. The van der Waals surface area contributed by atoms with Gasteiger partial charge in [0, 0.05) is 17.0 Å². The Bertz CT molecular complexity index is 382. The smallest absolute Gasteiger partial charge is 0.133 e. The van der Waals surface area contributed by atoms with E-state index in [0.29, 0.717) is 6.54 Å². The van der Waals surface area contributed by atoms with Gasteiger partial charge in [-0.2, -0.15) is 5.26 Å². The Balaban J connectivity index is 2.32. The van der Waals surface area contributed by atoms with Crippen LogP contribution in [0.15, 0.2) is 11.4 Å². The second kappa shape index (κ2) is 4.31. The van der Waals surface area contributed by atoms with Crippen LogP contribution in [-0.4, -0.2) is 18.3 Å². The minimum atomic E-state index is -0.559. The molecule has 3 nitrogen and oxygen atoms in total. The summed E-state index contributed by atoms with van der Waals surface area (Å²) in [6.45, 7) is 0.547. The molecule has 1 atom stereocenters. The first-order valence-corrected chi connectivity index (χ1v) is 6.04. The number of aliphatic hydroxyl groups is 1. The molecule has 0 spiro atoms. The molecule has 2 rings (SSSR count). The SMILES string of the molecule is N#CC1(NCCO)CCCc2sccc21. The van der Waals surface area contributed by atoms with Gasteiger partial charge in [0.1, 0.15) is 5.54 Å². The lowest BCUT2D eigenvalue weighted by Crippen LogP contribution is -2.44. The van der Waals surface area contributed by atoms with Crippen molar-refractivity contribution in [1.29, 1.82) is 5.26 Å². The zero-order chi connectivity index (χ0) is 10.7. The number of rotatable bonds is 3. The number of nitriles is 1. The van der Waals surface area contributed by atoms with Crippen LogP contribution in [0.1, 0.15) is 23.3 Å². The van der Waals surface area contributed by atoms with Gasteiger partial charge in [0.05, 0.1) is 12.7 Å². The third-order valence-corrected chi connectivity index (χ3v) is 3.87. The van der Waals surface area contributed by atoms with Crippen LogP contribution in [-0.2, 0) is 12.0 Å². The van der Waals surface area contributed by atoms with Crippen LogP contribution in [0.5, 0.6) is 0 Å². The average Bonchev–Trinajstić information content (AvgIpc) is 2.75. The van der Waals surface area contributed by atoms with E-state index in [9.17, 15) is 5.26 Å². The van der Waals surface area contributed by atoms with Crippen molar-refractivity contribution in [2.24, 2.45) is 0 Å². The van der Waals surface area contributed by atoms with Crippen LogP contribution in [0.4, 0.5) is 0 Å². The highest BCUT2D eigenvalue weighted by molar-refractivity contribution is 7.10. The molecule has 15 heavy (non-hydrogen) atoms. The van der Waals surface area contributed by atoms with E-state index in [1.165, 1.54) is 4.88 Å². The predicted octanol–water partition coefficient (Wildman–Crippen LogP) is 1.39. The van der Waals surface area contributed by atoms with E-state index < -0.39 is 5.54 Å². The van der Waals surface area contributed by atoms with Crippen molar-refractivity contribution < 1.29 is 5.11 Å². The van der Waals surface area contributed by atoms with Gasteiger partial charge in [0.2, 0.25) is 0 Å². The first-order chi connectivity index (χ1) is 7.32. The number of nitrogens with zero attached hydrogens (tertiary/aromatic N) is 1. The second-order valence-corrected chi connectivity index (χ2v) is 4.78. The van der Waals surface area contributed by atoms with Crippen LogP contribution in [0.3, 0.4) is 0 Å². The molecule has 0 bridgehead atoms. The summed E-state index contributed by atoms with van der Waals surface area (Å²) < 4.78 is 0. The maximum atomic E-state index is 9.34. The first kappa shape index (κ1) is 10.6.